The quantitative estimate of drug-likeness (QED) is 0.837. The minimum Gasteiger partial charge on any atom is -0.465 e. The Morgan fingerprint density at radius 1 is 1.30 bits per heavy atom. The van der Waals surface area contributed by atoms with Crippen molar-refractivity contribution in [3.8, 4) is 10.4 Å². The van der Waals surface area contributed by atoms with E-state index in [0.717, 1.165) is 10.4 Å². The third-order valence-electron chi connectivity index (χ3n) is 2.69. The van der Waals surface area contributed by atoms with Crippen LogP contribution in [0.4, 0.5) is 10.6 Å². The van der Waals surface area contributed by atoms with E-state index in [4.69, 9.17) is 0 Å². The molecule has 0 aliphatic heterocycles. The SMILES string of the molecule is CC(C)(C)N(C(=O)O)c1nc(Br)sc1-c1ccccc1. The molecule has 0 atom stereocenters. The Morgan fingerprint density at radius 3 is 2.40 bits per heavy atom. The van der Waals surface area contributed by atoms with Crippen LogP contribution in [0.1, 0.15) is 20.8 Å². The molecule has 106 valence electrons. The molecule has 6 heteroatoms. The predicted octanol–water partition coefficient (Wildman–Crippen LogP) is 4.86. The van der Waals surface area contributed by atoms with Gasteiger partial charge in [-0.25, -0.2) is 9.78 Å². The van der Waals surface area contributed by atoms with Crippen molar-refractivity contribution >= 4 is 39.2 Å². The van der Waals surface area contributed by atoms with Crippen molar-refractivity contribution in [3.63, 3.8) is 0 Å². The monoisotopic (exact) mass is 354 g/mol. The summed E-state index contributed by atoms with van der Waals surface area (Å²) in [4.78, 5) is 18.1. The molecule has 1 aromatic heterocycles. The maximum Gasteiger partial charge on any atom is 0.413 e. The van der Waals surface area contributed by atoms with Crippen LogP contribution < -0.4 is 4.90 Å². The van der Waals surface area contributed by atoms with Gasteiger partial charge in [-0.05, 0) is 42.3 Å². The number of hydrogen-bond donors (Lipinski definition) is 1. The summed E-state index contributed by atoms with van der Waals surface area (Å²) in [7, 11) is 0. The number of halogens is 1. The van der Waals surface area contributed by atoms with E-state index in [0.29, 0.717) is 9.73 Å². The first kappa shape index (κ1) is 15.0. The van der Waals surface area contributed by atoms with Crippen LogP contribution in [0.15, 0.2) is 34.2 Å². The fourth-order valence-corrected chi connectivity index (χ4v) is 3.35. The molecule has 0 unspecified atom stereocenters. The molecule has 0 bridgehead atoms. The van der Waals surface area contributed by atoms with E-state index in [2.05, 4.69) is 20.9 Å². The molecule has 1 amide bonds. The van der Waals surface area contributed by atoms with Crippen LogP contribution >= 0.6 is 27.3 Å². The maximum absolute atomic E-state index is 11.6. The molecule has 2 rings (SSSR count). The number of benzene rings is 1. The number of amides is 1. The molecular formula is C14H15BrN2O2S. The number of aromatic nitrogens is 1. The van der Waals surface area contributed by atoms with Crippen LogP contribution in [-0.2, 0) is 0 Å². The van der Waals surface area contributed by atoms with Crippen molar-refractivity contribution in [1.82, 2.24) is 4.98 Å². The Bertz CT molecular complexity index is 620. The molecule has 0 fully saturated rings. The van der Waals surface area contributed by atoms with Gasteiger partial charge >= 0.3 is 6.09 Å². The van der Waals surface area contributed by atoms with Crippen molar-refractivity contribution in [3.05, 3.63) is 34.2 Å². The van der Waals surface area contributed by atoms with Gasteiger partial charge in [0.15, 0.2) is 9.73 Å². The first-order chi connectivity index (χ1) is 9.30. The van der Waals surface area contributed by atoms with Gasteiger partial charge in [-0.2, -0.15) is 0 Å². The topological polar surface area (TPSA) is 53.4 Å². The molecule has 0 radical (unpaired) electrons. The smallest absolute Gasteiger partial charge is 0.413 e. The van der Waals surface area contributed by atoms with Crippen molar-refractivity contribution in [1.29, 1.82) is 0 Å². The van der Waals surface area contributed by atoms with Crippen LogP contribution in [0.5, 0.6) is 0 Å². The van der Waals surface area contributed by atoms with Gasteiger partial charge in [0.25, 0.3) is 0 Å². The predicted molar refractivity (Wildman–Crippen MR) is 85.5 cm³/mol. The zero-order chi connectivity index (χ0) is 14.9. The van der Waals surface area contributed by atoms with Gasteiger partial charge < -0.3 is 5.11 Å². The highest BCUT2D eigenvalue weighted by molar-refractivity contribution is 9.11. The summed E-state index contributed by atoms with van der Waals surface area (Å²) >= 11 is 4.78. The third kappa shape index (κ3) is 3.02. The van der Waals surface area contributed by atoms with Gasteiger partial charge in [0, 0.05) is 5.54 Å². The second-order valence-corrected chi connectivity index (χ2v) is 7.55. The van der Waals surface area contributed by atoms with Crippen molar-refractivity contribution in [2.45, 2.75) is 26.3 Å². The van der Waals surface area contributed by atoms with E-state index in [1.807, 2.05) is 51.1 Å². The van der Waals surface area contributed by atoms with Crippen molar-refractivity contribution in [2.24, 2.45) is 0 Å². The highest BCUT2D eigenvalue weighted by atomic mass is 79.9. The zero-order valence-electron chi connectivity index (χ0n) is 11.4. The number of rotatable bonds is 2. The highest BCUT2D eigenvalue weighted by Gasteiger charge is 2.32. The van der Waals surface area contributed by atoms with Gasteiger partial charge in [0.1, 0.15) is 0 Å². The van der Waals surface area contributed by atoms with E-state index < -0.39 is 11.6 Å². The van der Waals surface area contributed by atoms with E-state index >= 15 is 0 Å². The molecule has 0 saturated carbocycles. The molecule has 0 aliphatic rings. The molecule has 0 aliphatic carbocycles. The molecule has 2 aromatic rings. The number of carbonyl (C=O) groups is 1. The summed E-state index contributed by atoms with van der Waals surface area (Å²) in [6.45, 7) is 5.55. The van der Waals surface area contributed by atoms with Gasteiger partial charge in [-0.3, -0.25) is 4.90 Å². The minimum absolute atomic E-state index is 0.466. The largest absolute Gasteiger partial charge is 0.465 e. The summed E-state index contributed by atoms with van der Waals surface area (Å²) in [5.41, 5.74) is 0.393. The average Bonchev–Trinajstić information content (AvgIpc) is 2.69. The Labute approximate surface area is 130 Å². The van der Waals surface area contributed by atoms with E-state index in [-0.39, 0.29) is 0 Å². The summed E-state index contributed by atoms with van der Waals surface area (Å²) < 4.78 is 0.668. The lowest BCUT2D eigenvalue weighted by Crippen LogP contribution is -2.45. The fourth-order valence-electron chi connectivity index (χ4n) is 1.91. The normalized spacial score (nSPS) is 11.4. The van der Waals surface area contributed by atoms with Gasteiger partial charge in [-0.1, -0.05) is 30.3 Å². The summed E-state index contributed by atoms with van der Waals surface area (Å²) in [6, 6.07) is 9.68. The molecule has 4 nitrogen and oxygen atoms in total. The van der Waals surface area contributed by atoms with Gasteiger partial charge in [-0.15, -0.1) is 11.3 Å². The Hall–Kier alpha value is -1.40. The van der Waals surface area contributed by atoms with Crippen LogP contribution in [-0.4, -0.2) is 21.7 Å². The van der Waals surface area contributed by atoms with Crippen LogP contribution in [0.3, 0.4) is 0 Å². The zero-order valence-corrected chi connectivity index (χ0v) is 13.8. The standard InChI is InChI=1S/C14H15BrN2O2S/c1-14(2,3)17(13(18)19)11-10(20-12(15)16-11)9-7-5-4-6-8-9/h4-8H,1-3H3,(H,18,19). The Balaban J connectivity index is 2.60. The molecule has 0 saturated heterocycles. The van der Waals surface area contributed by atoms with Gasteiger partial charge in [0.05, 0.1) is 4.88 Å². The summed E-state index contributed by atoms with van der Waals surface area (Å²) in [5, 5.41) is 9.52. The number of thiazole rings is 1. The maximum atomic E-state index is 11.6. The lowest BCUT2D eigenvalue weighted by Gasteiger charge is -2.32. The number of hydrogen-bond acceptors (Lipinski definition) is 3. The lowest BCUT2D eigenvalue weighted by molar-refractivity contribution is 0.195. The highest BCUT2D eigenvalue weighted by Crippen LogP contribution is 2.40. The molecule has 20 heavy (non-hydrogen) atoms. The Kier molecular flexibility index (Phi) is 4.15. The average molecular weight is 355 g/mol. The lowest BCUT2D eigenvalue weighted by atomic mass is 10.1. The number of nitrogens with zero attached hydrogens (tertiary/aromatic N) is 2. The van der Waals surface area contributed by atoms with Crippen LogP contribution in [0.2, 0.25) is 0 Å². The van der Waals surface area contributed by atoms with E-state index in [1.54, 1.807) is 0 Å². The second-order valence-electron chi connectivity index (χ2n) is 5.27. The minimum atomic E-state index is -1.01. The van der Waals surface area contributed by atoms with E-state index in [9.17, 15) is 9.90 Å². The molecule has 0 spiro atoms. The molecule has 1 aromatic carbocycles. The van der Waals surface area contributed by atoms with Crippen LogP contribution in [0, 0.1) is 0 Å². The third-order valence-corrected chi connectivity index (χ3v) is 4.24. The van der Waals surface area contributed by atoms with Crippen molar-refractivity contribution in [2.75, 3.05) is 4.90 Å². The van der Waals surface area contributed by atoms with Crippen LogP contribution in [0.25, 0.3) is 10.4 Å². The van der Waals surface area contributed by atoms with E-state index in [1.165, 1.54) is 16.2 Å². The first-order valence-electron chi connectivity index (χ1n) is 6.05. The van der Waals surface area contributed by atoms with Gasteiger partial charge in [0.2, 0.25) is 0 Å². The summed E-state index contributed by atoms with van der Waals surface area (Å²) in [5.74, 6) is 0.466. The molecule has 1 N–H and O–H groups in total. The summed E-state index contributed by atoms with van der Waals surface area (Å²) in [6.07, 6.45) is -1.01. The number of anilines is 1. The number of carboxylic acid groups (broad SMARTS) is 1. The van der Waals surface area contributed by atoms with Crippen molar-refractivity contribution < 1.29 is 9.90 Å². The first-order valence-corrected chi connectivity index (χ1v) is 7.66. The molecular weight excluding hydrogens is 340 g/mol. The Morgan fingerprint density at radius 2 is 1.90 bits per heavy atom. The fraction of sp³-hybridized carbons (Fsp3) is 0.286. The second kappa shape index (κ2) is 5.54. The molecule has 1 heterocycles.